The van der Waals surface area contributed by atoms with Gasteiger partial charge in [-0.2, -0.15) is 0 Å². The second-order valence-corrected chi connectivity index (χ2v) is 16.0. The lowest BCUT2D eigenvalue weighted by atomic mass is 10.2. The van der Waals surface area contributed by atoms with Gasteiger partial charge in [0.15, 0.2) is 19.8 Å². The van der Waals surface area contributed by atoms with Crippen LogP contribution in [0.4, 0.5) is 0 Å². The highest BCUT2D eigenvalue weighted by Gasteiger charge is 2.40. The van der Waals surface area contributed by atoms with Crippen LogP contribution < -0.4 is 15.6 Å². The van der Waals surface area contributed by atoms with Gasteiger partial charge < -0.3 is 24.2 Å². The highest BCUT2D eigenvalue weighted by molar-refractivity contribution is 6.74. The second kappa shape index (κ2) is 12.1. The van der Waals surface area contributed by atoms with E-state index in [1.165, 1.54) is 21.8 Å². The average molecular weight is 564 g/mol. The van der Waals surface area contributed by atoms with Gasteiger partial charge in [0.2, 0.25) is 5.43 Å². The fourth-order valence-electron chi connectivity index (χ4n) is 3.99. The molecule has 1 aliphatic heterocycles. The topological polar surface area (TPSA) is 99.1 Å². The van der Waals surface area contributed by atoms with Crippen LogP contribution in [0.25, 0.3) is 0 Å². The quantitative estimate of drug-likeness (QED) is 0.284. The summed E-state index contributed by atoms with van der Waals surface area (Å²) in [6.45, 7) is 11.1. The van der Waals surface area contributed by atoms with Gasteiger partial charge in [0.25, 0.3) is 5.91 Å². The highest BCUT2D eigenvalue weighted by Crippen LogP contribution is 2.37. The number of benzene rings is 2. The summed E-state index contributed by atoms with van der Waals surface area (Å²) in [4.78, 5) is 40.8. The molecule has 1 N–H and O–H groups in total. The van der Waals surface area contributed by atoms with E-state index in [2.05, 4.69) is 39.3 Å². The van der Waals surface area contributed by atoms with Crippen LogP contribution in [0.2, 0.25) is 18.1 Å². The van der Waals surface area contributed by atoms with E-state index in [0.29, 0.717) is 5.56 Å². The van der Waals surface area contributed by atoms with Gasteiger partial charge in [0.05, 0.1) is 18.7 Å². The predicted molar refractivity (Wildman–Crippen MR) is 156 cm³/mol. The molecule has 0 fully saturated rings. The number of hydrogen-bond donors (Lipinski definition) is 1. The van der Waals surface area contributed by atoms with Gasteiger partial charge in [-0.1, -0.05) is 69.3 Å². The van der Waals surface area contributed by atoms with Gasteiger partial charge in [0.1, 0.15) is 19.4 Å². The molecule has 2 heterocycles. The summed E-state index contributed by atoms with van der Waals surface area (Å²) in [6.07, 6.45) is 0.964. The number of pyridine rings is 1. The molecule has 1 atom stereocenters. The molecule has 9 nitrogen and oxygen atoms in total. The van der Waals surface area contributed by atoms with Crippen LogP contribution >= 0.6 is 0 Å². The Bertz CT molecular complexity index is 1390. The van der Waals surface area contributed by atoms with E-state index in [1.54, 1.807) is 24.3 Å². The van der Waals surface area contributed by atoms with E-state index in [1.807, 2.05) is 36.4 Å². The Morgan fingerprint density at radius 3 is 2.27 bits per heavy atom. The van der Waals surface area contributed by atoms with Crippen molar-refractivity contribution >= 4 is 20.2 Å². The second-order valence-electron chi connectivity index (χ2n) is 11.2. The maximum atomic E-state index is 13.9. The Labute approximate surface area is 235 Å². The first kappa shape index (κ1) is 29.1. The van der Waals surface area contributed by atoms with Crippen LogP contribution in [0.3, 0.4) is 0 Å². The third-order valence-corrected chi connectivity index (χ3v) is 11.9. The summed E-state index contributed by atoms with van der Waals surface area (Å²) in [6, 6.07) is 19.5. The van der Waals surface area contributed by atoms with Crippen molar-refractivity contribution in [2.75, 3.05) is 25.2 Å². The number of nitrogens with zero attached hydrogens (tertiary/aromatic N) is 2. The zero-order valence-electron chi connectivity index (χ0n) is 23.7. The number of carbonyl (C=O) groups is 2. The number of nitrogens with one attached hydrogen (secondary N) is 1. The maximum Gasteiger partial charge on any atom is 0.338 e. The number of carbonyl (C=O) groups excluding carboxylic acids is 2. The smallest absolute Gasteiger partial charge is 0.338 e. The molecule has 1 unspecified atom stereocenters. The number of ether oxygens (including phenoxy) is 2. The standard InChI is InChI=1S/C30H37N3O6Si/c1-30(2,3)40(4,5)39-21-25-31-33-17-16-24(34)27(38-20-22-12-8-6-9-13-22)26(33)28(35)32(25)18-19-37-29(36)23-14-10-7-11-15-23/h6-17,25,31H,18-21H2,1-5H3. The lowest BCUT2D eigenvalue weighted by Crippen LogP contribution is -2.58. The molecular formula is C30H37N3O6Si. The van der Waals surface area contributed by atoms with E-state index in [-0.39, 0.29) is 42.8 Å². The third kappa shape index (κ3) is 6.63. The number of aromatic nitrogens is 1. The molecule has 0 aliphatic carbocycles. The summed E-state index contributed by atoms with van der Waals surface area (Å²) in [5.74, 6) is -0.936. The van der Waals surface area contributed by atoms with Gasteiger partial charge >= 0.3 is 5.97 Å². The average Bonchev–Trinajstić information content (AvgIpc) is 2.93. The van der Waals surface area contributed by atoms with Gasteiger partial charge in [-0.3, -0.25) is 14.3 Å². The fraction of sp³-hybridized carbons (Fsp3) is 0.367. The summed E-state index contributed by atoms with van der Waals surface area (Å²) < 4.78 is 19.4. The molecule has 4 rings (SSSR count). The van der Waals surface area contributed by atoms with E-state index in [9.17, 15) is 14.4 Å². The van der Waals surface area contributed by atoms with Crippen molar-refractivity contribution in [3.05, 3.63) is 100.0 Å². The van der Waals surface area contributed by atoms with Crippen LogP contribution in [0, 0.1) is 0 Å². The van der Waals surface area contributed by atoms with Crippen molar-refractivity contribution in [3.8, 4) is 5.75 Å². The van der Waals surface area contributed by atoms with Crippen molar-refractivity contribution in [3.63, 3.8) is 0 Å². The summed E-state index contributed by atoms with van der Waals surface area (Å²) in [5.41, 5.74) is 4.28. The summed E-state index contributed by atoms with van der Waals surface area (Å²) in [7, 11) is -2.14. The number of fused-ring (bicyclic) bond motifs is 1. The Kier molecular flexibility index (Phi) is 8.80. The first-order valence-corrected chi connectivity index (χ1v) is 16.2. The first-order chi connectivity index (χ1) is 19.0. The van der Waals surface area contributed by atoms with E-state index in [4.69, 9.17) is 13.9 Å². The zero-order valence-corrected chi connectivity index (χ0v) is 24.7. The largest absolute Gasteiger partial charge is 0.482 e. The predicted octanol–water partition coefficient (Wildman–Crippen LogP) is 4.63. The molecule has 1 aromatic heterocycles. The summed E-state index contributed by atoms with van der Waals surface area (Å²) >= 11 is 0. The minimum Gasteiger partial charge on any atom is -0.482 e. The molecule has 0 spiro atoms. The van der Waals surface area contributed by atoms with Crippen molar-refractivity contribution in [2.45, 2.75) is 51.7 Å². The maximum absolute atomic E-state index is 13.9. The van der Waals surface area contributed by atoms with Crippen LogP contribution in [0.1, 0.15) is 47.2 Å². The molecule has 10 heteroatoms. The van der Waals surface area contributed by atoms with Gasteiger partial charge in [-0.25, -0.2) is 4.79 Å². The highest BCUT2D eigenvalue weighted by atomic mass is 28.4. The molecule has 1 amide bonds. The van der Waals surface area contributed by atoms with E-state index in [0.717, 1.165) is 5.56 Å². The first-order valence-electron chi connectivity index (χ1n) is 13.3. The van der Waals surface area contributed by atoms with Gasteiger partial charge in [-0.15, -0.1) is 0 Å². The molecule has 3 aromatic rings. The van der Waals surface area contributed by atoms with Crippen molar-refractivity contribution < 1.29 is 23.5 Å². The SMILES string of the molecule is CC(C)(C)[Si](C)(C)OCC1Nn2ccc(=O)c(OCc3ccccc3)c2C(=O)N1CCOC(=O)c1ccccc1. The molecule has 0 saturated heterocycles. The van der Waals surface area contributed by atoms with Crippen molar-refractivity contribution in [2.24, 2.45) is 0 Å². The molecule has 0 bridgehead atoms. The Balaban J connectivity index is 1.58. The van der Waals surface area contributed by atoms with Crippen LogP contribution in [-0.4, -0.2) is 55.7 Å². The molecule has 212 valence electrons. The van der Waals surface area contributed by atoms with Crippen molar-refractivity contribution in [1.29, 1.82) is 0 Å². The molecule has 1 aliphatic rings. The lowest BCUT2D eigenvalue weighted by molar-refractivity contribution is 0.0340. The number of hydrogen-bond acceptors (Lipinski definition) is 7. The van der Waals surface area contributed by atoms with Crippen LogP contribution in [0.15, 0.2) is 77.7 Å². The Morgan fingerprint density at radius 2 is 1.62 bits per heavy atom. The van der Waals surface area contributed by atoms with Gasteiger partial charge in [0, 0.05) is 12.3 Å². The Hall–Kier alpha value is -3.89. The van der Waals surface area contributed by atoms with Crippen LogP contribution in [-0.2, 0) is 15.8 Å². The molecular weight excluding hydrogens is 526 g/mol. The van der Waals surface area contributed by atoms with Crippen molar-refractivity contribution in [1.82, 2.24) is 9.58 Å². The number of rotatable bonds is 10. The minimum atomic E-state index is -2.14. The number of amides is 1. The monoisotopic (exact) mass is 563 g/mol. The lowest BCUT2D eigenvalue weighted by Gasteiger charge is -2.42. The van der Waals surface area contributed by atoms with E-state index < -0.39 is 31.8 Å². The van der Waals surface area contributed by atoms with E-state index >= 15 is 0 Å². The molecule has 2 aromatic carbocycles. The fourth-order valence-corrected chi connectivity index (χ4v) is 4.99. The molecule has 40 heavy (non-hydrogen) atoms. The summed E-state index contributed by atoms with van der Waals surface area (Å²) in [5, 5.41) is -0.0251. The van der Waals surface area contributed by atoms with Crippen LogP contribution in [0.5, 0.6) is 5.75 Å². The Morgan fingerprint density at radius 1 is 0.975 bits per heavy atom. The minimum absolute atomic E-state index is 0.0251. The normalized spacial score (nSPS) is 15.3. The number of esters is 1. The third-order valence-electron chi connectivity index (χ3n) is 7.39. The van der Waals surface area contributed by atoms with Gasteiger partial charge in [-0.05, 0) is 35.8 Å². The zero-order chi connectivity index (χ0) is 28.9. The molecule has 0 saturated carbocycles. The molecule has 0 radical (unpaired) electrons.